The van der Waals surface area contributed by atoms with Crippen LogP contribution in [0.3, 0.4) is 0 Å². The van der Waals surface area contributed by atoms with Crippen molar-refractivity contribution in [2.24, 2.45) is 0 Å². The van der Waals surface area contributed by atoms with Crippen LogP contribution in [-0.2, 0) is 20.7 Å². The number of para-hydroxylation sites is 1. The fourth-order valence-electron chi connectivity index (χ4n) is 2.62. The highest BCUT2D eigenvalue weighted by molar-refractivity contribution is 5.82. The van der Waals surface area contributed by atoms with Gasteiger partial charge in [0.05, 0.1) is 26.4 Å². The van der Waals surface area contributed by atoms with Crippen molar-refractivity contribution in [2.75, 3.05) is 33.0 Å². The number of fused-ring (bicyclic) bond motifs is 1. The fourth-order valence-corrected chi connectivity index (χ4v) is 2.62. The topological polar surface area (TPSA) is 77.0 Å². The molecule has 2 unspecified atom stereocenters. The summed E-state index contributed by atoms with van der Waals surface area (Å²) in [7, 11) is 0. The van der Waals surface area contributed by atoms with Crippen LogP contribution in [0.4, 0.5) is 0 Å². The number of aliphatic hydroxyl groups is 1. The minimum atomic E-state index is -0.813. The molecule has 2 N–H and O–H groups in total. The molecule has 0 aliphatic carbocycles. The number of carbonyl (C=O) groups excluding carboxylic acids is 1. The van der Waals surface area contributed by atoms with E-state index in [1.807, 2.05) is 24.3 Å². The van der Waals surface area contributed by atoms with Gasteiger partial charge in [-0.05, 0) is 11.6 Å². The van der Waals surface area contributed by atoms with Crippen LogP contribution in [0.15, 0.2) is 24.3 Å². The molecule has 2 aliphatic heterocycles. The summed E-state index contributed by atoms with van der Waals surface area (Å²) >= 11 is 0. The molecular formula is C15H19NO5. The highest BCUT2D eigenvalue weighted by atomic mass is 16.6. The smallest absolute Gasteiger partial charge is 0.252 e. The summed E-state index contributed by atoms with van der Waals surface area (Å²) in [5.41, 5.74) is 0.158. The maximum absolute atomic E-state index is 12.3. The summed E-state index contributed by atoms with van der Waals surface area (Å²) in [6.45, 7) is 1.19. The Bertz CT molecular complexity index is 515. The highest BCUT2D eigenvalue weighted by Gasteiger charge is 2.39. The lowest BCUT2D eigenvalue weighted by Crippen LogP contribution is -2.61. The molecule has 0 bridgehead atoms. The van der Waals surface area contributed by atoms with Crippen LogP contribution in [0.2, 0.25) is 0 Å². The average Bonchev–Trinajstić information content (AvgIpc) is 2.55. The lowest BCUT2D eigenvalue weighted by molar-refractivity contribution is -0.150. The van der Waals surface area contributed by atoms with Crippen LogP contribution in [0.1, 0.15) is 5.56 Å². The van der Waals surface area contributed by atoms with Crippen LogP contribution in [0.5, 0.6) is 5.75 Å². The number of benzene rings is 1. The van der Waals surface area contributed by atoms with Gasteiger partial charge >= 0.3 is 0 Å². The highest BCUT2D eigenvalue weighted by Crippen LogP contribution is 2.29. The van der Waals surface area contributed by atoms with Gasteiger partial charge < -0.3 is 24.6 Å². The Morgan fingerprint density at radius 2 is 2.24 bits per heavy atom. The van der Waals surface area contributed by atoms with Gasteiger partial charge in [-0.3, -0.25) is 4.79 Å². The molecule has 1 fully saturated rings. The van der Waals surface area contributed by atoms with Crippen LogP contribution < -0.4 is 10.1 Å². The summed E-state index contributed by atoms with van der Waals surface area (Å²) in [4.78, 5) is 12.3. The lowest BCUT2D eigenvalue weighted by Gasteiger charge is -2.38. The van der Waals surface area contributed by atoms with E-state index in [9.17, 15) is 9.90 Å². The Kier molecular flexibility index (Phi) is 4.10. The Balaban J connectivity index is 1.71. The van der Waals surface area contributed by atoms with Gasteiger partial charge in [-0.1, -0.05) is 18.2 Å². The molecule has 0 radical (unpaired) electrons. The number of hydrogen-bond donors (Lipinski definition) is 2. The van der Waals surface area contributed by atoms with E-state index in [0.717, 1.165) is 11.3 Å². The molecule has 6 heteroatoms. The Morgan fingerprint density at radius 1 is 1.38 bits per heavy atom. The molecule has 0 aromatic heterocycles. The molecule has 6 nitrogen and oxygen atoms in total. The van der Waals surface area contributed by atoms with E-state index in [-0.39, 0.29) is 25.7 Å². The molecule has 114 valence electrons. The van der Waals surface area contributed by atoms with Gasteiger partial charge in [0.25, 0.3) is 5.91 Å². The standard InChI is InChI=1S/C15H19NO5/c17-9-15(16-14(18)13-8-19-5-6-20-13)7-11-3-1-2-4-12(11)21-10-15/h1-4,13,17H,5-10H2,(H,16,18). The fraction of sp³-hybridized carbons (Fsp3) is 0.533. The van der Waals surface area contributed by atoms with E-state index >= 15 is 0 Å². The minimum Gasteiger partial charge on any atom is -0.491 e. The molecule has 3 rings (SSSR count). The first-order valence-electron chi connectivity index (χ1n) is 7.05. The summed E-state index contributed by atoms with van der Waals surface area (Å²) in [5.74, 6) is 0.528. The van der Waals surface area contributed by atoms with E-state index in [2.05, 4.69) is 5.32 Å². The zero-order chi connectivity index (χ0) is 14.7. The molecule has 21 heavy (non-hydrogen) atoms. The molecule has 0 spiro atoms. The molecule has 0 saturated carbocycles. The molecule has 2 heterocycles. The second-order valence-corrected chi connectivity index (χ2v) is 5.44. The first-order valence-corrected chi connectivity index (χ1v) is 7.05. The van der Waals surface area contributed by atoms with Gasteiger partial charge in [0, 0.05) is 6.42 Å². The van der Waals surface area contributed by atoms with Crippen molar-refractivity contribution < 1.29 is 24.1 Å². The number of rotatable bonds is 3. The predicted molar refractivity (Wildman–Crippen MR) is 74.2 cm³/mol. The van der Waals surface area contributed by atoms with Gasteiger partial charge in [-0.2, -0.15) is 0 Å². The molecule has 1 aromatic carbocycles. The number of carbonyl (C=O) groups is 1. The zero-order valence-corrected chi connectivity index (χ0v) is 11.7. The third kappa shape index (κ3) is 3.02. The quantitative estimate of drug-likeness (QED) is 0.813. The summed E-state index contributed by atoms with van der Waals surface area (Å²) in [6, 6.07) is 7.63. The van der Waals surface area contributed by atoms with E-state index in [1.54, 1.807) is 0 Å². The van der Waals surface area contributed by atoms with Crippen molar-refractivity contribution in [1.29, 1.82) is 0 Å². The van der Waals surface area contributed by atoms with Crippen molar-refractivity contribution in [3.05, 3.63) is 29.8 Å². The van der Waals surface area contributed by atoms with E-state index in [1.165, 1.54) is 0 Å². The Hall–Kier alpha value is -1.63. The summed E-state index contributed by atoms with van der Waals surface area (Å²) < 4.78 is 16.3. The van der Waals surface area contributed by atoms with E-state index < -0.39 is 11.6 Å². The molecule has 1 amide bonds. The maximum atomic E-state index is 12.3. The molecule has 2 aliphatic rings. The molecular weight excluding hydrogens is 274 g/mol. The van der Waals surface area contributed by atoms with Crippen LogP contribution >= 0.6 is 0 Å². The molecule has 1 aromatic rings. The molecule has 1 saturated heterocycles. The van der Waals surface area contributed by atoms with Crippen LogP contribution in [-0.4, -0.2) is 55.7 Å². The summed E-state index contributed by atoms with van der Waals surface area (Å²) in [6.07, 6.45) is -0.0988. The Morgan fingerprint density at radius 3 is 3.00 bits per heavy atom. The average molecular weight is 293 g/mol. The van der Waals surface area contributed by atoms with Crippen LogP contribution in [0.25, 0.3) is 0 Å². The first-order chi connectivity index (χ1) is 10.2. The van der Waals surface area contributed by atoms with Crippen molar-refractivity contribution in [1.82, 2.24) is 5.32 Å². The minimum absolute atomic E-state index is 0.194. The van der Waals surface area contributed by atoms with E-state index in [0.29, 0.717) is 19.6 Å². The van der Waals surface area contributed by atoms with Crippen molar-refractivity contribution in [3.63, 3.8) is 0 Å². The largest absolute Gasteiger partial charge is 0.491 e. The molecule has 2 atom stereocenters. The second-order valence-electron chi connectivity index (χ2n) is 5.44. The van der Waals surface area contributed by atoms with E-state index in [4.69, 9.17) is 14.2 Å². The number of aliphatic hydroxyl groups excluding tert-OH is 1. The Labute approximate surface area is 123 Å². The summed E-state index contributed by atoms with van der Waals surface area (Å²) in [5, 5.41) is 12.6. The van der Waals surface area contributed by atoms with Gasteiger partial charge in [0.1, 0.15) is 17.9 Å². The van der Waals surface area contributed by atoms with Crippen molar-refractivity contribution in [2.45, 2.75) is 18.1 Å². The SMILES string of the molecule is O=C(NC1(CO)COc2ccccc2C1)C1COCCO1. The van der Waals surface area contributed by atoms with Gasteiger partial charge in [0.2, 0.25) is 0 Å². The predicted octanol–water partition coefficient (Wildman–Crippen LogP) is -0.116. The van der Waals surface area contributed by atoms with Crippen molar-refractivity contribution >= 4 is 5.91 Å². The second kappa shape index (κ2) is 6.01. The van der Waals surface area contributed by atoms with Gasteiger partial charge in [-0.25, -0.2) is 0 Å². The van der Waals surface area contributed by atoms with Crippen LogP contribution in [0, 0.1) is 0 Å². The zero-order valence-electron chi connectivity index (χ0n) is 11.7. The number of amides is 1. The lowest BCUT2D eigenvalue weighted by atomic mass is 9.89. The van der Waals surface area contributed by atoms with Gasteiger partial charge in [0.15, 0.2) is 6.10 Å². The normalized spacial score (nSPS) is 28.3. The third-order valence-corrected chi connectivity index (χ3v) is 3.80. The van der Waals surface area contributed by atoms with Gasteiger partial charge in [-0.15, -0.1) is 0 Å². The first kappa shape index (κ1) is 14.3. The van der Waals surface area contributed by atoms with Crippen molar-refractivity contribution in [3.8, 4) is 5.75 Å². The number of nitrogens with one attached hydrogen (secondary N) is 1. The number of hydrogen-bond acceptors (Lipinski definition) is 5. The maximum Gasteiger partial charge on any atom is 0.252 e. The monoisotopic (exact) mass is 293 g/mol. The third-order valence-electron chi connectivity index (χ3n) is 3.80. The number of ether oxygens (including phenoxy) is 3.